The molecule has 0 aliphatic rings. The van der Waals surface area contributed by atoms with E-state index >= 15 is 0 Å². The Morgan fingerprint density at radius 3 is 2.84 bits per heavy atom. The highest BCUT2D eigenvalue weighted by molar-refractivity contribution is 8.00. The summed E-state index contributed by atoms with van der Waals surface area (Å²) in [6.45, 7) is 7.31. The van der Waals surface area contributed by atoms with Gasteiger partial charge in [-0.1, -0.05) is 31.7 Å². The van der Waals surface area contributed by atoms with Crippen molar-refractivity contribution >= 4 is 41.2 Å². The number of nitriles is 1. The molecule has 0 radical (unpaired) electrons. The molecule has 0 fully saturated rings. The molecular formula is C17H21N5OS2. The third-order valence-electron chi connectivity index (χ3n) is 3.85. The SMILES string of the molecule is CC(Sc1n[nH]c(/C=C/c2cccs2)n1)C(=O)NC(C)(C#N)C(C)C. The first kappa shape index (κ1) is 19.2. The van der Waals surface area contributed by atoms with Gasteiger partial charge in [0.2, 0.25) is 11.1 Å². The second-order valence-corrected chi connectivity index (χ2v) is 8.36. The van der Waals surface area contributed by atoms with Crippen LogP contribution in [0.4, 0.5) is 0 Å². The van der Waals surface area contributed by atoms with Crippen LogP contribution in [0.5, 0.6) is 0 Å². The van der Waals surface area contributed by atoms with E-state index < -0.39 is 10.8 Å². The second kappa shape index (κ2) is 8.32. The van der Waals surface area contributed by atoms with E-state index in [4.69, 9.17) is 0 Å². The van der Waals surface area contributed by atoms with E-state index in [1.807, 2.05) is 43.5 Å². The van der Waals surface area contributed by atoms with Gasteiger partial charge in [-0.2, -0.15) is 5.26 Å². The van der Waals surface area contributed by atoms with Crippen molar-refractivity contribution in [1.82, 2.24) is 20.5 Å². The van der Waals surface area contributed by atoms with Gasteiger partial charge >= 0.3 is 0 Å². The van der Waals surface area contributed by atoms with E-state index in [0.29, 0.717) is 11.0 Å². The lowest BCUT2D eigenvalue weighted by molar-refractivity contribution is -0.121. The second-order valence-electron chi connectivity index (χ2n) is 6.07. The Labute approximate surface area is 155 Å². The van der Waals surface area contributed by atoms with Crippen LogP contribution in [0.3, 0.4) is 0 Å². The Kier molecular flexibility index (Phi) is 6.39. The highest BCUT2D eigenvalue weighted by Gasteiger charge is 2.32. The summed E-state index contributed by atoms with van der Waals surface area (Å²) in [4.78, 5) is 17.8. The maximum Gasteiger partial charge on any atom is 0.234 e. The number of carbonyl (C=O) groups is 1. The van der Waals surface area contributed by atoms with E-state index in [9.17, 15) is 10.1 Å². The van der Waals surface area contributed by atoms with Crippen LogP contribution in [0, 0.1) is 17.2 Å². The van der Waals surface area contributed by atoms with E-state index in [0.717, 1.165) is 4.88 Å². The van der Waals surface area contributed by atoms with Crippen molar-refractivity contribution in [3.8, 4) is 6.07 Å². The Bertz CT molecular complexity index is 775. The zero-order valence-electron chi connectivity index (χ0n) is 14.6. The number of H-pyrrole nitrogens is 1. The molecule has 132 valence electrons. The van der Waals surface area contributed by atoms with Crippen molar-refractivity contribution in [2.75, 3.05) is 0 Å². The molecule has 6 nitrogen and oxygen atoms in total. The molecule has 8 heteroatoms. The van der Waals surface area contributed by atoms with Gasteiger partial charge in [0.1, 0.15) is 11.4 Å². The lowest BCUT2D eigenvalue weighted by Crippen LogP contribution is -2.51. The van der Waals surface area contributed by atoms with Gasteiger partial charge in [0.15, 0.2) is 0 Å². The highest BCUT2D eigenvalue weighted by atomic mass is 32.2. The molecule has 2 heterocycles. The standard InChI is InChI=1S/C17H21N5OS2/c1-11(2)17(4,10-18)20-15(23)12(3)25-16-19-14(21-22-16)8-7-13-6-5-9-24-13/h5-9,11-12H,1-4H3,(H,20,23)(H,19,21,22)/b8-7+. The van der Waals surface area contributed by atoms with Crippen LogP contribution in [0.1, 0.15) is 38.4 Å². The summed E-state index contributed by atoms with van der Waals surface area (Å²) in [6.07, 6.45) is 3.80. The third-order valence-corrected chi connectivity index (χ3v) is 5.65. The molecule has 0 aliphatic heterocycles. The quantitative estimate of drug-likeness (QED) is 0.722. The summed E-state index contributed by atoms with van der Waals surface area (Å²) < 4.78 is 0. The van der Waals surface area contributed by atoms with Gasteiger partial charge < -0.3 is 5.32 Å². The number of thioether (sulfide) groups is 1. The fraction of sp³-hybridized carbons (Fsp3) is 0.412. The molecule has 0 aromatic carbocycles. The lowest BCUT2D eigenvalue weighted by atomic mass is 9.90. The normalized spacial score (nSPS) is 15.0. The smallest absolute Gasteiger partial charge is 0.234 e. The molecule has 0 bridgehead atoms. The number of thiophene rings is 1. The Balaban J connectivity index is 1.95. The highest BCUT2D eigenvalue weighted by Crippen LogP contribution is 2.22. The summed E-state index contributed by atoms with van der Waals surface area (Å²) in [5.74, 6) is 0.437. The van der Waals surface area contributed by atoms with E-state index in [1.54, 1.807) is 25.2 Å². The van der Waals surface area contributed by atoms with Gasteiger partial charge in [0, 0.05) is 4.88 Å². The molecule has 2 rings (SSSR count). The summed E-state index contributed by atoms with van der Waals surface area (Å²) in [5.41, 5.74) is -0.889. The molecule has 0 spiro atoms. The molecule has 0 saturated carbocycles. The minimum Gasteiger partial charge on any atom is -0.337 e. The van der Waals surface area contributed by atoms with Gasteiger partial charge in [-0.05, 0) is 43.4 Å². The molecule has 2 aromatic rings. The minimum atomic E-state index is -0.889. The first-order chi connectivity index (χ1) is 11.8. The maximum absolute atomic E-state index is 12.4. The van der Waals surface area contributed by atoms with Crippen LogP contribution in [0.15, 0.2) is 22.7 Å². The van der Waals surface area contributed by atoms with Crippen LogP contribution >= 0.6 is 23.1 Å². The molecule has 25 heavy (non-hydrogen) atoms. The van der Waals surface area contributed by atoms with Gasteiger partial charge in [0.05, 0.1) is 11.3 Å². The first-order valence-corrected chi connectivity index (χ1v) is 9.64. The Hall–Kier alpha value is -2.11. The van der Waals surface area contributed by atoms with Crippen LogP contribution < -0.4 is 5.32 Å². The van der Waals surface area contributed by atoms with Gasteiger partial charge in [-0.3, -0.25) is 9.89 Å². The third kappa shape index (κ3) is 5.18. The van der Waals surface area contributed by atoms with Crippen molar-refractivity contribution in [2.45, 2.75) is 43.6 Å². The fourth-order valence-corrected chi connectivity index (χ4v) is 3.15. The monoisotopic (exact) mass is 375 g/mol. The fourth-order valence-electron chi connectivity index (χ4n) is 1.80. The van der Waals surface area contributed by atoms with Crippen LogP contribution in [-0.4, -0.2) is 31.9 Å². The van der Waals surface area contributed by atoms with Crippen molar-refractivity contribution < 1.29 is 4.79 Å². The van der Waals surface area contributed by atoms with E-state index in [-0.39, 0.29) is 11.8 Å². The largest absolute Gasteiger partial charge is 0.337 e. The number of aromatic amines is 1. The summed E-state index contributed by atoms with van der Waals surface area (Å²) in [6, 6.07) is 6.17. The van der Waals surface area contributed by atoms with Crippen molar-refractivity contribution in [2.24, 2.45) is 5.92 Å². The van der Waals surface area contributed by atoms with Crippen molar-refractivity contribution in [3.63, 3.8) is 0 Å². The minimum absolute atomic E-state index is 0.0103. The molecular weight excluding hydrogens is 354 g/mol. The number of hydrogen-bond acceptors (Lipinski definition) is 6. The van der Waals surface area contributed by atoms with Gasteiger partial charge in [-0.15, -0.1) is 16.4 Å². The zero-order valence-corrected chi connectivity index (χ0v) is 16.2. The van der Waals surface area contributed by atoms with E-state index in [2.05, 4.69) is 26.6 Å². The number of hydrogen-bond donors (Lipinski definition) is 2. The summed E-state index contributed by atoms with van der Waals surface area (Å²) in [7, 11) is 0. The summed E-state index contributed by atoms with van der Waals surface area (Å²) in [5, 5.41) is 21.2. The molecule has 2 unspecified atom stereocenters. The molecule has 0 saturated heterocycles. The van der Waals surface area contributed by atoms with Crippen molar-refractivity contribution in [3.05, 3.63) is 28.2 Å². The summed E-state index contributed by atoms with van der Waals surface area (Å²) >= 11 is 2.89. The van der Waals surface area contributed by atoms with Crippen LogP contribution in [0.25, 0.3) is 12.2 Å². The molecule has 2 N–H and O–H groups in total. The molecule has 0 aliphatic carbocycles. The molecule has 2 aromatic heterocycles. The number of nitrogens with one attached hydrogen (secondary N) is 2. The predicted molar refractivity (Wildman–Crippen MR) is 102 cm³/mol. The number of carbonyl (C=O) groups excluding carboxylic acids is 1. The van der Waals surface area contributed by atoms with Gasteiger partial charge in [-0.25, -0.2) is 4.98 Å². The zero-order chi connectivity index (χ0) is 18.4. The average Bonchev–Trinajstić information content (AvgIpc) is 3.24. The lowest BCUT2D eigenvalue weighted by Gasteiger charge is -2.28. The number of aromatic nitrogens is 3. The maximum atomic E-state index is 12.4. The number of rotatable bonds is 7. The topological polar surface area (TPSA) is 94.5 Å². The van der Waals surface area contributed by atoms with E-state index in [1.165, 1.54) is 11.8 Å². The van der Waals surface area contributed by atoms with Crippen molar-refractivity contribution in [1.29, 1.82) is 5.26 Å². The molecule has 2 atom stereocenters. The van der Waals surface area contributed by atoms with Gasteiger partial charge in [0.25, 0.3) is 0 Å². The first-order valence-electron chi connectivity index (χ1n) is 7.88. The average molecular weight is 376 g/mol. The number of amides is 1. The number of nitrogens with zero attached hydrogens (tertiary/aromatic N) is 3. The Morgan fingerprint density at radius 1 is 1.48 bits per heavy atom. The molecule has 1 amide bonds. The Morgan fingerprint density at radius 2 is 2.24 bits per heavy atom. The predicted octanol–water partition coefficient (Wildman–Crippen LogP) is 3.57. The van der Waals surface area contributed by atoms with Crippen LogP contribution in [-0.2, 0) is 4.79 Å². The van der Waals surface area contributed by atoms with Crippen LogP contribution in [0.2, 0.25) is 0 Å².